The summed E-state index contributed by atoms with van der Waals surface area (Å²) in [4.78, 5) is 10.8. The molecule has 2 fully saturated rings. The van der Waals surface area contributed by atoms with Crippen LogP contribution in [0.4, 0.5) is 4.39 Å². The molecular weight excluding hydrogens is 213 g/mol. The van der Waals surface area contributed by atoms with Crippen molar-refractivity contribution in [2.75, 3.05) is 24.6 Å². The Kier molecular flexibility index (Phi) is 1.73. The van der Waals surface area contributed by atoms with Gasteiger partial charge in [0.25, 0.3) is 0 Å². The molecular formula is C7H10FNO4S. The van der Waals surface area contributed by atoms with Crippen LogP contribution < -0.4 is 5.32 Å². The first-order valence-electron chi connectivity index (χ1n) is 4.15. The number of aliphatic carboxylic acids is 1. The highest BCUT2D eigenvalue weighted by Crippen LogP contribution is 2.46. The zero-order chi connectivity index (χ0) is 10.6. The molecule has 7 heteroatoms. The fourth-order valence-electron chi connectivity index (χ4n) is 2.14. The zero-order valence-electron chi connectivity index (χ0n) is 7.29. The molecule has 0 radical (unpaired) electrons. The molecule has 1 atom stereocenters. The minimum absolute atomic E-state index is 0.120. The summed E-state index contributed by atoms with van der Waals surface area (Å²) in [5.41, 5.74) is -3.85. The molecule has 0 amide bonds. The van der Waals surface area contributed by atoms with Crippen LogP contribution in [0.2, 0.25) is 0 Å². The van der Waals surface area contributed by atoms with Gasteiger partial charge in [0, 0.05) is 13.1 Å². The van der Waals surface area contributed by atoms with Gasteiger partial charge >= 0.3 is 5.97 Å². The molecule has 0 aliphatic carbocycles. The first kappa shape index (κ1) is 9.85. The highest BCUT2D eigenvalue weighted by atomic mass is 32.2. The van der Waals surface area contributed by atoms with E-state index in [9.17, 15) is 17.6 Å². The third-order valence-corrected chi connectivity index (χ3v) is 4.85. The summed E-state index contributed by atoms with van der Waals surface area (Å²) in [5, 5.41) is 11.5. The summed E-state index contributed by atoms with van der Waals surface area (Å²) >= 11 is 0. The molecule has 2 saturated heterocycles. The Bertz CT molecular complexity index is 388. The van der Waals surface area contributed by atoms with Crippen molar-refractivity contribution in [2.24, 2.45) is 5.41 Å². The van der Waals surface area contributed by atoms with Crippen LogP contribution in [0.25, 0.3) is 0 Å². The molecule has 5 nitrogen and oxygen atoms in total. The number of hydrogen-bond donors (Lipinski definition) is 2. The van der Waals surface area contributed by atoms with Crippen molar-refractivity contribution < 1.29 is 22.7 Å². The van der Waals surface area contributed by atoms with Crippen LogP contribution in [-0.4, -0.2) is 49.8 Å². The number of rotatable bonds is 1. The van der Waals surface area contributed by atoms with Gasteiger partial charge in [-0.05, 0) is 0 Å². The fraction of sp³-hybridized carbons (Fsp3) is 0.857. The second-order valence-electron chi connectivity index (χ2n) is 4.02. The Labute approximate surface area is 80.2 Å². The van der Waals surface area contributed by atoms with E-state index in [1.54, 1.807) is 0 Å². The minimum Gasteiger partial charge on any atom is -0.479 e. The Morgan fingerprint density at radius 1 is 1.36 bits per heavy atom. The van der Waals surface area contributed by atoms with Crippen molar-refractivity contribution in [3.63, 3.8) is 0 Å². The van der Waals surface area contributed by atoms with E-state index in [2.05, 4.69) is 5.32 Å². The molecule has 2 rings (SSSR count). The lowest BCUT2D eigenvalue weighted by Crippen LogP contribution is -2.66. The lowest BCUT2D eigenvalue weighted by molar-refractivity contribution is -0.160. The van der Waals surface area contributed by atoms with E-state index < -0.39 is 32.6 Å². The molecule has 2 aliphatic rings. The van der Waals surface area contributed by atoms with Crippen LogP contribution in [0.5, 0.6) is 0 Å². The van der Waals surface area contributed by atoms with E-state index in [1.807, 2.05) is 0 Å². The van der Waals surface area contributed by atoms with E-state index in [-0.39, 0.29) is 18.8 Å². The number of halogens is 1. The first-order chi connectivity index (χ1) is 6.31. The quantitative estimate of drug-likeness (QED) is 0.583. The van der Waals surface area contributed by atoms with Crippen LogP contribution in [0.3, 0.4) is 0 Å². The summed E-state index contributed by atoms with van der Waals surface area (Å²) in [7, 11) is -3.56. The van der Waals surface area contributed by atoms with E-state index in [0.29, 0.717) is 0 Å². The van der Waals surface area contributed by atoms with Crippen molar-refractivity contribution in [3.8, 4) is 0 Å². The minimum atomic E-state index is -3.56. The van der Waals surface area contributed by atoms with Gasteiger partial charge in [-0.1, -0.05) is 0 Å². The average molecular weight is 223 g/mol. The third kappa shape index (κ3) is 1.02. The van der Waals surface area contributed by atoms with Crippen LogP contribution in [-0.2, 0) is 14.6 Å². The van der Waals surface area contributed by atoms with Gasteiger partial charge < -0.3 is 10.4 Å². The van der Waals surface area contributed by atoms with Crippen LogP contribution in [0.1, 0.15) is 0 Å². The highest BCUT2D eigenvalue weighted by molar-refractivity contribution is 7.91. The van der Waals surface area contributed by atoms with Crippen LogP contribution >= 0.6 is 0 Å². The molecule has 1 unspecified atom stereocenters. The Balaban J connectivity index is 2.46. The molecule has 2 heterocycles. The molecule has 0 bridgehead atoms. The summed E-state index contributed by atoms with van der Waals surface area (Å²) in [6, 6.07) is 0. The topological polar surface area (TPSA) is 83.5 Å². The van der Waals surface area contributed by atoms with Gasteiger partial charge in [-0.25, -0.2) is 17.6 Å². The van der Waals surface area contributed by atoms with E-state index >= 15 is 0 Å². The maximum atomic E-state index is 14.0. The summed E-state index contributed by atoms with van der Waals surface area (Å²) < 4.78 is 36.5. The number of nitrogens with one attached hydrogen (secondary N) is 1. The van der Waals surface area contributed by atoms with Crippen molar-refractivity contribution in [3.05, 3.63) is 0 Å². The number of carboxylic acids is 1. The molecule has 1 spiro atoms. The van der Waals surface area contributed by atoms with Gasteiger partial charge in [-0.3, -0.25) is 0 Å². The SMILES string of the molecule is O=C(O)C1(F)CS(=O)(=O)CC12CNC2. The van der Waals surface area contributed by atoms with Gasteiger partial charge in [0.05, 0.1) is 16.9 Å². The molecule has 0 saturated carbocycles. The van der Waals surface area contributed by atoms with Gasteiger partial charge in [-0.15, -0.1) is 0 Å². The van der Waals surface area contributed by atoms with E-state index in [0.717, 1.165) is 0 Å². The van der Waals surface area contributed by atoms with Crippen LogP contribution in [0.15, 0.2) is 0 Å². The number of carbonyl (C=O) groups is 1. The first-order valence-corrected chi connectivity index (χ1v) is 5.97. The summed E-state index contributed by atoms with van der Waals surface area (Å²) in [6.45, 7) is 0.240. The second kappa shape index (κ2) is 2.46. The van der Waals surface area contributed by atoms with Gasteiger partial charge in [0.2, 0.25) is 5.67 Å². The highest BCUT2D eigenvalue weighted by Gasteiger charge is 2.69. The summed E-state index contributed by atoms with van der Waals surface area (Å²) in [6.07, 6.45) is 0. The molecule has 14 heavy (non-hydrogen) atoms. The molecule has 0 aromatic heterocycles. The Hall–Kier alpha value is -0.690. The van der Waals surface area contributed by atoms with Gasteiger partial charge in [0.1, 0.15) is 0 Å². The maximum Gasteiger partial charge on any atom is 0.343 e. The molecule has 0 aromatic carbocycles. The Morgan fingerprint density at radius 2 is 1.93 bits per heavy atom. The van der Waals surface area contributed by atoms with Crippen LogP contribution in [0, 0.1) is 5.41 Å². The largest absolute Gasteiger partial charge is 0.479 e. The number of sulfone groups is 1. The monoisotopic (exact) mass is 223 g/mol. The smallest absolute Gasteiger partial charge is 0.343 e. The predicted molar refractivity (Wildman–Crippen MR) is 45.4 cm³/mol. The molecule has 0 aromatic rings. The standard InChI is InChI=1S/C7H10FNO4S/c8-7(5(10)11)4-14(12,13)3-6(7)1-9-2-6/h9H,1-4H2,(H,10,11). The lowest BCUT2D eigenvalue weighted by atomic mass is 9.71. The van der Waals surface area contributed by atoms with Crippen molar-refractivity contribution in [1.82, 2.24) is 5.32 Å². The van der Waals surface area contributed by atoms with Gasteiger partial charge in [-0.2, -0.15) is 0 Å². The van der Waals surface area contributed by atoms with Gasteiger partial charge in [0.15, 0.2) is 9.84 Å². The summed E-state index contributed by atoms with van der Waals surface area (Å²) in [5.74, 6) is -2.92. The Morgan fingerprint density at radius 3 is 2.21 bits per heavy atom. The molecule has 80 valence electrons. The number of alkyl halides is 1. The fourth-order valence-corrected chi connectivity index (χ4v) is 4.55. The van der Waals surface area contributed by atoms with E-state index in [1.165, 1.54) is 0 Å². The number of hydrogen-bond acceptors (Lipinski definition) is 4. The number of carboxylic acid groups (broad SMARTS) is 1. The lowest BCUT2D eigenvalue weighted by Gasteiger charge is -2.44. The predicted octanol–water partition coefficient (Wildman–Crippen LogP) is -1.20. The maximum absolute atomic E-state index is 14.0. The molecule has 2 aliphatic heterocycles. The third-order valence-electron chi connectivity index (χ3n) is 3.02. The van der Waals surface area contributed by atoms with Crippen molar-refractivity contribution in [2.45, 2.75) is 5.67 Å². The average Bonchev–Trinajstić information content (AvgIpc) is 2.17. The zero-order valence-corrected chi connectivity index (χ0v) is 8.10. The van der Waals surface area contributed by atoms with Crippen molar-refractivity contribution >= 4 is 15.8 Å². The molecule has 2 N–H and O–H groups in total. The normalized spacial score (nSPS) is 38.1. The van der Waals surface area contributed by atoms with Crippen molar-refractivity contribution in [1.29, 1.82) is 0 Å². The van der Waals surface area contributed by atoms with E-state index in [4.69, 9.17) is 5.11 Å². The second-order valence-corrected chi connectivity index (χ2v) is 6.09.